The first-order chi connectivity index (χ1) is 15.8. The number of carbonyl (C=O) groups excluding carboxylic acids is 1. The molecule has 3 rings (SSSR count). The fourth-order valence-electron chi connectivity index (χ4n) is 6.00. The summed E-state index contributed by atoms with van der Waals surface area (Å²) < 4.78 is 16.7. The van der Waals surface area contributed by atoms with Gasteiger partial charge in [-0.3, -0.25) is 0 Å². The van der Waals surface area contributed by atoms with Gasteiger partial charge in [0.05, 0.1) is 6.61 Å². The Labute approximate surface area is 206 Å². The maximum absolute atomic E-state index is 12.6. The molecule has 6 nitrogen and oxygen atoms in total. The van der Waals surface area contributed by atoms with Crippen LogP contribution in [0.2, 0.25) is 0 Å². The largest absolute Gasteiger partial charge is 0.491 e. The second-order valence-corrected chi connectivity index (χ2v) is 12.6. The van der Waals surface area contributed by atoms with E-state index < -0.39 is 5.60 Å². The van der Waals surface area contributed by atoms with Crippen molar-refractivity contribution in [1.29, 1.82) is 0 Å². The van der Waals surface area contributed by atoms with Crippen LogP contribution in [0.4, 0.5) is 10.5 Å². The number of nitrogens with zero attached hydrogens (tertiary/aromatic N) is 2. The van der Waals surface area contributed by atoms with Crippen LogP contribution in [0.15, 0.2) is 18.2 Å². The Balaban J connectivity index is 1.83. The maximum Gasteiger partial charge on any atom is 0.410 e. The normalized spacial score (nSPS) is 20.8. The molecule has 2 fully saturated rings. The van der Waals surface area contributed by atoms with Crippen molar-refractivity contribution in [2.24, 2.45) is 10.8 Å². The third-order valence-electron chi connectivity index (χ3n) is 6.83. The van der Waals surface area contributed by atoms with Crippen LogP contribution in [-0.2, 0) is 9.47 Å². The molecular weight excluding hydrogens is 428 g/mol. The van der Waals surface area contributed by atoms with Gasteiger partial charge in [-0.1, -0.05) is 33.8 Å². The number of anilines is 1. The van der Waals surface area contributed by atoms with Gasteiger partial charge < -0.3 is 24.0 Å². The summed E-state index contributed by atoms with van der Waals surface area (Å²) in [7, 11) is 1.69. The van der Waals surface area contributed by atoms with E-state index in [2.05, 4.69) is 50.8 Å². The van der Waals surface area contributed by atoms with Crippen LogP contribution < -0.4 is 9.64 Å². The van der Waals surface area contributed by atoms with Crippen molar-refractivity contribution in [1.82, 2.24) is 4.90 Å². The van der Waals surface area contributed by atoms with Crippen molar-refractivity contribution in [2.45, 2.75) is 79.2 Å². The standard InChI is InChI=1S/C28H46N2O4/c1-26(2,3)34-25(31)30-13-11-29(12-14-30)24-17-22(33-16-15-32-8)9-10-23(24)21-18-27(4,5)20-28(6,7)19-21/h9-10,17,21H,11-16,18-20H2,1-8H3. The van der Waals surface area contributed by atoms with E-state index in [1.54, 1.807) is 7.11 Å². The van der Waals surface area contributed by atoms with Crippen LogP contribution >= 0.6 is 0 Å². The van der Waals surface area contributed by atoms with E-state index in [9.17, 15) is 4.79 Å². The topological polar surface area (TPSA) is 51.2 Å². The summed E-state index contributed by atoms with van der Waals surface area (Å²) >= 11 is 0. The average molecular weight is 475 g/mol. The highest BCUT2D eigenvalue weighted by molar-refractivity contribution is 5.69. The van der Waals surface area contributed by atoms with Gasteiger partial charge in [-0.25, -0.2) is 4.79 Å². The molecule has 0 aromatic heterocycles. The lowest BCUT2D eigenvalue weighted by atomic mass is 9.60. The van der Waals surface area contributed by atoms with Gasteiger partial charge in [0.25, 0.3) is 0 Å². The van der Waals surface area contributed by atoms with Gasteiger partial charge in [0.15, 0.2) is 0 Å². The van der Waals surface area contributed by atoms with Crippen LogP contribution in [-0.4, -0.2) is 63.1 Å². The van der Waals surface area contributed by atoms with E-state index in [1.807, 2.05) is 25.7 Å². The molecule has 0 bridgehead atoms. The predicted octanol–water partition coefficient (Wildman–Crippen LogP) is 6.09. The van der Waals surface area contributed by atoms with Crippen molar-refractivity contribution >= 4 is 11.8 Å². The van der Waals surface area contributed by atoms with Gasteiger partial charge in [0.2, 0.25) is 0 Å². The lowest BCUT2D eigenvalue weighted by Gasteiger charge is -2.46. The first-order valence-electron chi connectivity index (χ1n) is 12.8. The van der Waals surface area contributed by atoms with Crippen LogP contribution in [0.1, 0.15) is 79.2 Å². The molecule has 0 atom stereocenters. The molecule has 2 aliphatic rings. The number of amides is 1. The minimum atomic E-state index is -0.476. The summed E-state index contributed by atoms with van der Waals surface area (Å²) in [5, 5.41) is 0. The van der Waals surface area contributed by atoms with Crippen molar-refractivity contribution in [3.63, 3.8) is 0 Å². The number of hydrogen-bond donors (Lipinski definition) is 0. The summed E-state index contributed by atoms with van der Waals surface area (Å²) in [4.78, 5) is 16.8. The molecule has 1 aliphatic carbocycles. The van der Waals surface area contributed by atoms with Gasteiger partial charge >= 0.3 is 6.09 Å². The van der Waals surface area contributed by atoms with Crippen LogP contribution in [0.5, 0.6) is 5.75 Å². The third kappa shape index (κ3) is 7.27. The summed E-state index contributed by atoms with van der Waals surface area (Å²) in [6.45, 7) is 19.3. The first kappa shape index (κ1) is 26.7. The molecule has 0 radical (unpaired) electrons. The zero-order chi connectivity index (χ0) is 25.1. The average Bonchev–Trinajstić information content (AvgIpc) is 2.70. The van der Waals surface area contributed by atoms with E-state index in [-0.39, 0.29) is 6.09 Å². The highest BCUT2D eigenvalue weighted by atomic mass is 16.6. The summed E-state index contributed by atoms with van der Waals surface area (Å²) in [5.41, 5.74) is 2.80. The Morgan fingerprint density at radius 3 is 2.18 bits per heavy atom. The van der Waals surface area contributed by atoms with Gasteiger partial charge in [-0.05, 0) is 68.4 Å². The molecular formula is C28H46N2O4. The lowest BCUT2D eigenvalue weighted by Crippen LogP contribution is -2.50. The molecule has 34 heavy (non-hydrogen) atoms. The molecule has 1 aromatic carbocycles. The summed E-state index contributed by atoms with van der Waals surface area (Å²) in [6.07, 6.45) is 3.40. The molecule has 1 aliphatic heterocycles. The van der Waals surface area contributed by atoms with Gasteiger partial charge in [-0.15, -0.1) is 0 Å². The first-order valence-corrected chi connectivity index (χ1v) is 12.8. The highest BCUT2D eigenvalue weighted by Crippen LogP contribution is 2.53. The number of rotatable bonds is 6. The van der Waals surface area contributed by atoms with Gasteiger partial charge in [-0.2, -0.15) is 0 Å². The molecule has 0 spiro atoms. The van der Waals surface area contributed by atoms with Crippen molar-refractivity contribution in [2.75, 3.05) is 51.4 Å². The molecule has 1 saturated heterocycles. The Kier molecular flexibility index (Phi) is 8.11. The van der Waals surface area contributed by atoms with E-state index in [1.165, 1.54) is 30.5 Å². The smallest absolute Gasteiger partial charge is 0.410 e. The predicted molar refractivity (Wildman–Crippen MR) is 138 cm³/mol. The maximum atomic E-state index is 12.6. The molecule has 1 saturated carbocycles. The van der Waals surface area contributed by atoms with Gasteiger partial charge in [0, 0.05) is 45.0 Å². The molecule has 1 heterocycles. The fourth-order valence-corrected chi connectivity index (χ4v) is 6.00. The number of benzene rings is 1. The van der Waals surface area contributed by atoms with Crippen LogP contribution in [0, 0.1) is 10.8 Å². The van der Waals surface area contributed by atoms with Crippen molar-refractivity contribution < 1.29 is 19.0 Å². The minimum Gasteiger partial charge on any atom is -0.491 e. The third-order valence-corrected chi connectivity index (χ3v) is 6.83. The van der Waals surface area contributed by atoms with E-state index in [4.69, 9.17) is 14.2 Å². The zero-order valence-electron chi connectivity index (χ0n) is 22.7. The Bertz CT molecular complexity index is 819. The number of hydrogen-bond acceptors (Lipinski definition) is 5. The molecule has 0 unspecified atom stereocenters. The second-order valence-electron chi connectivity index (χ2n) is 12.6. The molecule has 0 N–H and O–H groups in total. The number of ether oxygens (including phenoxy) is 3. The fraction of sp³-hybridized carbons (Fsp3) is 0.750. The second kappa shape index (κ2) is 10.3. The van der Waals surface area contributed by atoms with Crippen LogP contribution in [0.3, 0.4) is 0 Å². The monoisotopic (exact) mass is 474 g/mol. The summed E-state index contributed by atoms with van der Waals surface area (Å²) in [6, 6.07) is 6.59. The Morgan fingerprint density at radius 2 is 1.62 bits per heavy atom. The number of carbonyl (C=O) groups is 1. The van der Waals surface area contributed by atoms with Crippen molar-refractivity contribution in [3.05, 3.63) is 23.8 Å². The molecule has 1 amide bonds. The number of piperazine rings is 1. The van der Waals surface area contributed by atoms with Crippen LogP contribution in [0.25, 0.3) is 0 Å². The Morgan fingerprint density at radius 1 is 1.00 bits per heavy atom. The number of methoxy groups -OCH3 is 1. The van der Waals surface area contributed by atoms with E-state index >= 15 is 0 Å². The highest BCUT2D eigenvalue weighted by Gasteiger charge is 2.40. The Hall–Kier alpha value is -1.95. The zero-order valence-corrected chi connectivity index (χ0v) is 22.7. The molecule has 6 heteroatoms. The summed E-state index contributed by atoms with van der Waals surface area (Å²) in [5.74, 6) is 1.38. The van der Waals surface area contributed by atoms with Gasteiger partial charge in [0.1, 0.15) is 18.0 Å². The molecule has 1 aromatic rings. The minimum absolute atomic E-state index is 0.222. The van der Waals surface area contributed by atoms with E-state index in [0.717, 1.165) is 18.8 Å². The lowest BCUT2D eigenvalue weighted by molar-refractivity contribution is 0.0240. The quantitative estimate of drug-likeness (QED) is 0.467. The molecule has 192 valence electrons. The van der Waals surface area contributed by atoms with E-state index in [0.29, 0.717) is 43.1 Å². The SMILES string of the molecule is COCCOc1ccc(C2CC(C)(C)CC(C)(C)C2)c(N2CCN(C(=O)OC(C)(C)C)CC2)c1. The van der Waals surface area contributed by atoms with Crippen molar-refractivity contribution in [3.8, 4) is 5.75 Å².